The molecular weight excluding hydrogens is 515 g/mol. The molecule has 0 saturated carbocycles. The first-order valence-electron chi connectivity index (χ1n) is 12.0. The summed E-state index contributed by atoms with van der Waals surface area (Å²) in [6.45, 7) is 16.0. The van der Waals surface area contributed by atoms with E-state index in [9.17, 15) is 0 Å². The van der Waals surface area contributed by atoms with Crippen LogP contribution in [0.1, 0.15) is 19.4 Å². The number of morpholine rings is 1. The van der Waals surface area contributed by atoms with Gasteiger partial charge in [-0.25, -0.2) is 0 Å². The Morgan fingerprint density at radius 3 is 2.56 bits per heavy atom. The van der Waals surface area contributed by atoms with E-state index < -0.39 is 0 Å². The number of hydrogen-bond donors (Lipinski definition) is 1. The molecule has 3 fully saturated rings. The normalized spacial score (nSPS) is 26.5. The number of piperazine rings is 1. The van der Waals surface area contributed by atoms with Crippen LogP contribution in [-0.2, 0) is 11.3 Å². The van der Waals surface area contributed by atoms with Crippen LogP contribution < -0.4 is 5.32 Å². The molecule has 0 aliphatic carbocycles. The number of hydrogen-bond acceptors (Lipinski definition) is 5. The highest BCUT2D eigenvalue weighted by molar-refractivity contribution is 14.0. The van der Waals surface area contributed by atoms with Gasteiger partial charge in [-0.05, 0) is 19.0 Å². The fraction of sp³-hybridized carbons (Fsp3) is 0.708. The lowest BCUT2D eigenvalue weighted by Gasteiger charge is -2.38. The van der Waals surface area contributed by atoms with Gasteiger partial charge >= 0.3 is 0 Å². The van der Waals surface area contributed by atoms with Crippen molar-refractivity contribution < 1.29 is 4.74 Å². The highest BCUT2D eigenvalue weighted by Crippen LogP contribution is 2.24. The quantitative estimate of drug-likeness (QED) is 0.328. The average molecular weight is 557 g/mol. The van der Waals surface area contributed by atoms with Crippen molar-refractivity contribution in [2.75, 3.05) is 72.6 Å². The minimum absolute atomic E-state index is 0. The third-order valence-electron chi connectivity index (χ3n) is 7.19. The third-order valence-corrected chi connectivity index (χ3v) is 7.19. The molecule has 3 unspecified atom stereocenters. The molecule has 7 nitrogen and oxygen atoms in total. The molecule has 0 aromatic heterocycles. The lowest BCUT2D eigenvalue weighted by molar-refractivity contribution is -0.0502. The second-order valence-electron chi connectivity index (χ2n) is 9.09. The summed E-state index contributed by atoms with van der Waals surface area (Å²) < 4.78 is 6.16. The van der Waals surface area contributed by atoms with Crippen molar-refractivity contribution in [3.8, 4) is 0 Å². The summed E-state index contributed by atoms with van der Waals surface area (Å²) in [5.74, 6) is 1.01. The molecule has 3 heterocycles. The number of likely N-dealkylation sites (tertiary alicyclic amines) is 1. The highest BCUT2D eigenvalue weighted by atomic mass is 127. The molecule has 8 heteroatoms. The Hall–Kier alpha value is -0.940. The van der Waals surface area contributed by atoms with Crippen LogP contribution in [-0.4, -0.2) is 116 Å². The molecule has 32 heavy (non-hydrogen) atoms. The van der Waals surface area contributed by atoms with Crippen molar-refractivity contribution in [2.24, 2.45) is 4.99 Å². The van der Waals surface area contributed by atoms with Crippen LogP contribution >= 0.6 is 24.0 Å². The molecular formula is C24H41IN6O. The van der Waals surface area contributed by atoms with Crippen LogP contribution in [0.4, 0.5) is 0 Å². The Morgan fingerprint density at radius 2 is 1.88 bits per heavy atom. The van der Waals surface area contributed by atoms with Gasteiger partial charge in [-0.3, -0.25) is 14.8 Å². The molecule has 3 saturated heterocycles. The summed E-state index contributed by atoms with van der Waals surface area (Å²) in [5.41, 5.74) is 1.38. The van der Waals surface area contributed by atoms with Gasteiger partial charge in [0, 0.05) is 72.0 Å². The maximum Gasteiger partial charge on any atom is 0.193 e. The van der Waals surface area contributed by atoms with Gasteiger partial charge in [0.1, 0.15) is 0 Å². The van der Waals surface area contributed by atoms with Gasteiger partial charge in [0.25, 0.3) is 0 Å². The Kier molecular flexibility index (Phi) is 10.0. The van der Waals surface area contributed by atoms with Crippen molar-refractivity contribution in [2.45, 2.75) is 38.6 Å². The second-order valence-corrected chi connectivity index (χ2v) is 9.09. The number of nitrogens with zero attached hydrogens (tertiary/aromatic N) is 5. The summed E-state index contributed by atoms with van der Waals surface area (Å²) in [4.78, 5) is 14.7. The van der Waals surface area contributed by atoms with Gasteiger partial charge in [0.15, 0.2) is 5.96 Å². The number of aliphatic imine (C=N–C) groups is 1. The number of fused-ring (bicyclic) bond motifs is 1. The lowest BCUT2D eigenvalue weighted by Crippen LogP contribution is -2.53. The van der Waals surface area contributed by atoms with E-state index in [1.807, 2.05) is 7.05 Å². The maximum atomic E-state index is 6.16. The fourth-order valence-electron chi connectivity index (χ4n) is 5.17. The van der Waals surface area contributed by atoms with Gasteiger partial charge in [0.05, 0.1) is 18.8 Å². The molecule has 1 N–H and O–H groups in total. The van der Waals surface area contributed by atoms with Gasteiger partial charge in [-0.15, -0.1) is 24.0 Å². The first-order chi connectivity index (χ1) is 15.2. The van der Waals surface area contributed by atoms with Gasteiger partial charge in [0.2, 0.25) is 0 Å². The number of halogens is 1. The molecule has 0 spiro atoms. The largest absolute Gasteiger partial charge is 0.373 e. The summed E-state index contributed by atoms with van der Waals surface area (Å²) in [6, 6.07) is 11.7. The standard InChI is InChI=1S/C24H40N6O.HI/c1-4-27-10-12-28(13-11-27)20(2)16-26-24(25-3)30-18-22-23(19-30)31-15-14-29(22)17-21-8-6-5-7-9-21;/h5-9,20,22-23H,4,10-19H2,1-3H3,(H,25,26);1H. The van der Waals surface area contributed by atoms with Gasteiger partial charge < -0.3 is 19.9 Å². The predicted molar refractivity (Wildman–Crippen MR) is 142 cm³/mol. The second kappa shape index (κ2) is 12.5. The summed E-state index contributed by atoms with van der Waals surface area (Å²) in [5, 5.41) is 3.65. The van der Waals surface area contributed by atoms with Crippen molar-refractivity contribution >= 4 is 29.9 Å². The van der Waals surface area contributed by atoms with Gasteiger partial charge in [-0.1, -0.05) is 37.3 Å². The predicted octanol–water partition coefficient (Wildman–Crippen LogP) is 1.79. The number of nitrogens with one attached hydrogen (secondary N) is 1. The molecule has 180 valence electrons. The van der Waals surface area contributed by atoms with Crippen molar-refractivity contribution in [1.82, 2.24) is 24.9 Å². The van der Waals surface area contributed by atoms with Crippen molar-refractivity contribution in [3.05, 3.63) is 35.9 Å². The molecule has 3 atom stereocenters. The first-order valence-corrected chi connectivity index (χ1v) is 12.0. The zero-order chi connectivity index (χ0) is 21.6. The fourth-order valence-corrected chi connectivity index (χ4v) is 5.17. The monoisotopic (exact) mass is 556 g/mol. The maximum absolute atomic E-state index is 6.16. The van der Waals surface area contributed by atoms with Crippen LogP contribution in [0.2, 0.25) is 0 Å². The van der Waals surface area contributed by atoms with E-state index in [0.717, 1.165) is 64.9 Å². The lowest BCUT2D eigenvalue weighted by atomic mass is 10.1. The Balaban J connectivity index is 0.00000289. The summed E-state index contributed by atoms with van der Waals surface area (Å²) in [6.07, 6.45) is 0.260. The highest BCUT2D eigenvalue weighted by Gasteiger charge is 2.41. The average Bonchev–Trinajstić information content (AvgIpc) is 3.25. The number of likely N-dealkylation sites (N-methyl/N-ethyl adjacent to an activating group) is 1. The van der Waals surface area contributed by atoms with Crippen LogP contribution in [0, 0.1) is 0 Å². The smallest absolute Gasteiger partial charge is 0.193 e. The SMILES string of the molecule is CCN1CCN(C(C)CNC(=NC)N2CC3OCCN(Cc4ccccc4)C3C2)CC1.I. The topological polar surface area (TPSA) is 46.6 Å². The number of guanidine groups is 1. The van der Waals surface area contributed by atoms with Crippen molar-refractivity contribution in [3.63, 3.8) is 0 Å². The molecule has 3 aliphatic heterocycles. The van der Waals surface area contributed by atoms with Crippen molar-refractivity contribution in [1.29, 1.82) is 0 Å². The van der Waals surface area contributed by atoms with Crippen LogP contribution in [0.3, 0.4) is 0 Å². The first kappa shape index (κ1) is 25.7. The Labute approximate surface area is 211 Å². The third kappa shape index (κ3) is 6.34. The van der Waals surface area contributed by atoms with E-state index in [2.05, 4.69) is 74.1 Å². The Bertz CT molecular complexity index is 712. The van der Waals surface area contributed by atoms with E-state index in [1.165, 1.54) is 18.7 Å². The summed E-state index contributed by atoms with van der Waals surface area (Å²) >= 11 is 0. The Morgan fingerprint density at radius 1 is 1.12 bits per heavy atom. The number of benzene rings is 1. The van der Waals surface area contributed by atoms with Crippen LogP contribution in [0.15, 0.2) is 35.3 Å². The van der Waals surface area contributed by atoms with E-state index in [0.29, 0.717) is 12.1 Å². The van der Waals surface area contributed by atoms with E-state index in [1.54, 1.807) is 0 Å². The molecule has 1 aromatic carbocycles. The zero-order valence-corrected chi connectivity index (χ0v) is 22.3. The number of rotatable bonds is 6. The summed E-state index contributed by atoms with van der Waals surface area (Å²) in [7, 11) is 1.90. The van der Waals surface area contributed by atoms with E-state index >= 15 is 0 Å². The molecule has 0 amide bonds. The minimum atomic E-state index is 0. The van der Waals surface area contributed by atoms with E-state index in [4.69, 9.17) is 4.74 Å². The van der Waals surface area contributed by atoms with Crippen LogP contribution in [0.25, 0.3) is 0 Å². The molecule has 1 aromatic rings. The molecule has 4 rings (SSSR count). The molecule has 3 aliphatic rings. The van der Waals surface area contributed by atoms with E-state index in [-0.39, 0.29) is 30.1 Å². The van der Waals surface area contributed by atoms with Crippen LogP contribution in [0.5, 0.6) is 0 Å². The molecule has 0 bridgehead atoms. The number of ether oxygens (including phenoxy) is 1. The molecule has 0 radical (unpaired) electrons. The van der Waals surface area contributed by atoms with Gasteiger partial charge in [-0.2, -0.15) is 0 Å². The minimum Gasteiger partial charge on any atom is -0.373 e. The zero-order valence-electron chi connectivity index (χ0n) is 19.9.